The van der Waals surface area contributed by atoms with E-state index in [0.29, 0.717) is 0 Å². The van der Waals surface area contributed by atoms with Gasteiger partial charge in [0.15, 0.2) is 0 Å². The second-order valence-electron chi connectivity index (χ2n) is 8.49. The van der Waals surface area contributed by atoms with Crippen LogP contribution >= 0.6 is 0 Å². The van der Waals surface area contributed by atoms with E-state index in [-0.39, 0.29) is 0 Å². The molecule has 1 aliphatic heterocycles. The van der Waals surface area contributed by atoms with Crippen molar-refractivity contribution in [1.29, 1.82) is 0 Å². The van der Waals surface area contributed by atoms with Crippen LogP contribution in [0.5, 0.6) is 0 Å². The van der Waals surface area contributed by atoms with Crippen molar-refractivity contribution in [1.82, 2.24) is 25.0 Å². The zero-order valence-corrected chi connectivity index (χ0v) is 18.5. The Hall–Kier alpha value is -3.28. The Labute approximate surface area is 189 Å². The number of nitrogens with zero attached hydrogens (tertiary/aromatic N) is 4. The number of pyridine rings is 1. The molecule has 2 aromatic heterocycles. The van der Waals surface area contributed by atoms with Crippen LogP contribution < -0.4 is 5.32 Å². The van der Waals surface area contributed by atoms with Crippen molar-refractivity contribution in [2.24, 2.45) is 0 Å². The van der Waals surface area contributed by atoms with Crippen LogP contribution in [0.1, 0.15) is 22.5 Å². The molecule has 0 bridgehead atoms. The highest BCUT2D eigenvalue weighted by atomic mass is 15.3. The lowest BCUT2D eigenvalue weighted by Gasteiger charge is -2.26. The first-order chi connectivity index (χ1) is 15.7. The largest absolute Gasteiger partial charge is 0.314 e. The van der Waals surface area contributed by atoms with Crippen molar-refractivity contribution in [3.05, 3.63) is 102 Å². The average Bonchev–Trinajstić information content (AvgIpc) is 3.27. The summed E-state index contributed by atoms with van der Waals surface area (Å²) >= 11 is 0. The van der Waals surface area contributed by atoms with Crippen molar-refractivity contribution >= 4 is 0 Å². The van der Waals surface area contributed by atoms with Crippen LogP contribution in [0.15, 0.2) is 79.1 Å². The maximum absolute atomic E-state index is 4.71. The summed E-state index contributed by atoms with van der Waals surface area (Å²) in [5.41, 5.74) is 8.35. The lowest BCUT2D eigenvalue weighted by molar-refractivity contribution is 0.231. The van der Waals surface area contributed by atoms with E-state index in [4.69, 9.17) is 4.98 Å². The molecule has 0 amide bonds. The Bertz CT molecular complexity index is 1140. The van der Waals surface area contributed by atoms with E-state index in [1.54, 1.807) is 0 Å². The highest BCUT2D eigenvalue weighted by molar-refractivity contribution is 5.62. The molecule has 0 aliphatic carbocycles. The number of rotatable bonds is 6. The number of aryl methyl sites for hydroxylation is 1. The van der Waals surface area contributed by atoms with Crippen LogP contribution in [-0.2, 0) is 13.0 Å². The summed E-state index contributed by atoms with van der Waals surface area (Å²) in [4.78, 5) is 7.16. The summed E-state index contributed by atoms with van der Waals surface area (Å²) in [5.74, 6) is 0. The van der Waals surface area contributed by atoms with Crippen LogP contribution in [0.25, 0.3) is 16.8 Å². The molecular formula is C27H29N5. The molecule has 3 heterocycles. The van der Waals surface area contributed by atoms with Crippen molar-refractivity contribution in [3.63, 3.8) is 0 Å². The number of hydrogen-bond donors (Lipinski definition) is 1. The third-order valence-corrected chi connectivity index (χ3v) is 6.13. The van der Waals surface area contributed by atoms with Gasteiger partial charge in [0.2, 0.25) is 0 Å². The van der Waals surface area contributed by atoms with E-state index in [0.717, 1.165) is 56.2 Å². The molecule has 1 N–H and O–H groups in total. The van der Waals surface area contributed by atoms with E-state index in [9.17, 15) is 0 Å². The minimum absolute atomic E-state index is 0.917. The Morgan fingerprint density at radius 1 is 0.812 bits per heavy atom. The molecule has 162 valence electrons. The smallest absolute Gasteiger partial charge is 0.0648 e. The highest BCUT2D eigenvalue weighted by Gasteiger charge is 2.10. The number of benzene rings is 2. The molecule has 1 aliphatic rings. The molecule has 4 aromatic rings. The Kier molecular flexibility index (Phi) is 6.10. The van der Waals surface area contributed by atoms with Crippen LogP contribution in [0.3, 0.4) is 0 Å². The summed E-state index contributed by atoms with van der Waals surface area (Å²) in [6.07, 6.45) is 4.75. The van der Waals surface area contributed by atoms with Gasteiger partial charge in [0, 0.05) is 56.4 Å². The van der Waals surface area contributed by atoms with Gasteiger partial charge in [0.1, 0.15) is 0 Å². The van der Waals surface area contributed by atoms with Gasteiger partial charge in [-0.3, -0.25) is 9.88 Å². The van der Waals surface area contributed by atoms with Gasteiger partial charge in [-0.05, 0) is 54.3 Å². The molecule has 0 atom stereocenters. The molecule has 32 heavy (non-hydrogen) atoms. The molecular weight excluding hydrogens is 394 g/mol. The molecule has 0 radical (unpaired) electrons. The topological polar surface area (TPSA) is 46.0 Å². The minimum Gasteiger partial charge on any atom is -0.314 e. The number of hydrogen-bond acceptors (Lipinski definition) is 4. The summed E-state index contributed by atoms with van der Waals surface area (Å²) < 4.78 is 1.96. The maximum Gasteiger partial charge on any atom is 0.0648 e. The third kappa shape index (κ3) is 4.79. The van der Waals surface area contributed by atoms with Gasteiger partial charge in [-0.25, -0.2) is 4.68 Å². The predicted molar refractivity (Wildman–Crippen MR) is 129 cm³/mol. The molecule has 0 unspecified atom stereocenters. The predicted octanol–water partition coefficient (Wildman–Crippen LogP) is 4.24. The van der Waals surface area contributed by atoms with Gasteiger partial charge >= 0.3 is 0 Å². The quantitative estimate of drug-likeness (QED) is 0.504. The van der Waals surface area contributed by atoms with Gasteiger partial charge in [-0.2, -0.15) is 5.10 Å². The van der Waals surface area contributed by atoms with Crippen LogP contribution in [0.2, 0.25) is 0 Å². The van der Waals surface area contributed by atoms with Crippen molar-refractivity contribution in [2.75, 3.05) is 26.2 Å². The van der Waals surface area contributed by atoms with Crippen LogP contribution in [-0.4, -0.2) is 45.8 Å². The molecule has 1 saturated heterocycles. The SMILES string of the molecule is Cc1ccnn1-c1ccc(Cc2ccc(-c3ccc(CN4CCNCC4)nc3)cc2)cc1. The summed E-state index contributed by atoms with van der Waals surface area (Å²) in [7, 11) is 0. The van der Waals surface area contributed by atoms with Gasteiger partial charge in [0.25, 0.3) is 0 Å². The highest BCUT2D eigenvalue weighted by Crippen LogP contribution is 2.21. The molecule has 5 nitrogen and oxygen atoms in total. The summed E-state index contributed by atoms with van der Waals surface area (Å²) in [6.45, 7) is 7.32. The summed E-state index contributed by atoms with van der Waals surface area (Å²) in [5, 5.41) is 7.77. The van der Waals surface area contributed by atoms with E-state index in [1.165, 1.54) is 22.3 Å². The Morgan fingerprint density at radius 2 is 1.50 bits per heavy atom. The zero-order valence-electron chi connectivity index (χ0n) is 18.5. The lowest BCUT2D eigenvalue weighted by Crippen LogP contribution is -2.43. The average molecular weight is 424 g/mol. The second-order valence-corrected chi connectivity index (χ2v) is 8.49. The van der Waals surface area contributed by atoms with Gasteiger partial charge in [0.05, 0.1) is 11.4 Å². The maximum atomic E-state index is 4.71. The normalized spacial score (nSPS) is 14.5. The number of nitrogens with one attached hydrogen (secondary N) is 1. The molecule has 2 aromatic carbocycles. The van der Waals surface area contributed by atoms with Crippen LogP contribution in [0, 0.1) is 6.92 Å². The van der Waals surface area contributed by atoms with Crippen molar-refractivity contribution in [2.45, 2.75) is 19.9 Å². The second kappa shape index (κ2) is 9.47. The molecule has 5 heteroatoms. The summed E-state index contributed by atoms with van der Waals surface area (Å²) in [6, 6.07) is 23.8. The Morgan fingerprint density at radius 3 is 2.12 bits per heavy atom. The van der Waals surface area contributed by atoms with Crippen molar-refractivity contribution in [3.8, 4) is 16.8 Å². The van der Waals surface area contributed by atoms with Gasteiger partial charge in [-0.1, -0.05) is 42.5 Å². The van der Waals surface area contributed by atoms with E-state index >= 15 is 0 Å². The third-order valence-electron chi connectivity index (χ3n) is 6.13. The number of piperazine rings is 1. The minimum atomic E-state index is 0.917. The Balaban J connectivity index is 1.22. The lowest BCUT2D eigenvalue weighted by atomic mass is 10.0. The fourth-order valence-corrected chi connectivity index (χ4v) is 4.23. The fourth-order valence-electron chi connectivity index (χ4n) is 4.23. The first-order valence-electron chi connectivity index (χ1n) is 11.3. The first kappa shape index (κ1) is 20.6. The van der Waals surface area contributed by atoms with Gasteiger partial charge < -0.3 is 5.32 Å². The zero-order chi connectivity index (χ0) is 21.8. The van der Waals surface area contributed by atoms with Gasteiger partial charge in [-0.15, -0.1) is 0 Å². The molecule has 0 saturated carbocycles. The van der Waals surface area contributed by atoms with E-state index in [1.807, 2.05) is 23.1 Å². The monoisotopic (exact) mass is 423 g/mol. The standard InChI is InChI=1S/C27H29N5/c1-21-12-13-30-32(21)27-10-4-23(5-11-27)18-22-2-6-24(7-3-22)25-8-9-26(29-19-25)20-31-16-14-28-15-17-31/h2-13,19,28H,14-18,20H2,1H3. The van der Waals surface area contributed by atoms with E-state index in [2.05, 4.69) is 82.9 Å². The number of aromatic nitrogens is 3. The first-order valence-corrected chi connectivity index (χ1v) is 11.3. The van der Waals surface area contributed by atoms with Crippen molar-refractivity contribution < 1.29 is 0 Å². The van der Waals surface area contributed by atoms with Crippen LogP contribution in [0.4, 0.5) is 0 Å². The van der Waals surface area contributed by atoms with E-state index < -0.39 is 0 Å². The molecule has 0 spiro atoms. The molecule has 1 fully saturated rings. The fraction of sp³-hybridized carbons (Fsp3) is 0.259. The molecule has 5 rings (SSSR count).